The van der Waals surface area contributed by atoms with E-state index in [1.165, 1.54) is 12.1 Å². The first-order chi connectivity index (χ1) is 14.9. The summed E-state index contributed by atoms with van der Waals surface area (Å²) in [6.45, 7) is 4.38. The monoisotopic (exact) mass is 442 g/mol. The molecule has 9 heteroatoms. The van der Waals surface area contributed by atoms with Gasteiger partial charge in [0.15, 0.2) is 5.17 Å². The van der Waals surface area contributed by atoms with Gasteiger partial charge in [-0.3, -0.25) is 9.59 Å². The summed E-state index contributed by atoms with van der Waals surface area (Å²) in [4.78, 5) is 24.7. The molecule has 0 aliphatic carbocycles. The fourth-order valence-corrected chi connectivity index (χ4v) is 3.62. The normalized spacial score (nSPS) is 17.9. The van der Waals surface area contributed by atoms with E-state index in [9.17, 15) is 14.0 Å². The molecule has 2 amide bonds. The van der Waals surface area contributed by atoms with Crippen molar-refractivity contribution in [3.8, 4) is 5.75 Å². The minimum Gasteiger partial charge on any atom is -0.494 e. The van der Waals surface area contributed by atoms with Crippen molar-refractivity contribution < 1.29 is 18.7 Å². The van der Waals surface area contributed by atoms with Gasteiger partial charge in [-0.15, -0.1) is 5.10 Å². The third-order valence-electron chi connectivity index (χ3n) is 4.31. The first-order valence-corrected chi connectivity index (χ1v) is 10.7. The maximum Gasteiger partial charge on any atom is 0.238 e. The van der Waals surface area contributed by atoms with Crippen molar-refractivity contribution in [3.63, 3.8) is 0 Å². The molecule has 0 saturated carbocycles. The number of nitrogens with zero attached hydrogens (tertiary/aromatic N) is 2. The van der Waals surface area contributed by atoms with E-state index in [4.69, 9.17) is 4.74 Å². The Kier molecular flexibility index (Phi) is 7.77. The van der Waals surface area contributed by atoms with Crippen molar-refractivity contribution >= 4 is 40.1 Å². The second-order valence-corrected chi connectivity index (χ2v) is 8.01. The zero-order valence-electron chi connectivity index (χ0n) is 17.2. The van der Waals surface area contributed by atoms with Crippen LogP contribution in [0.15, 0.2) is 58.7 Å². The van der Waals surface area contributed by atoms with Crippen LogP contribution >= 0.6 is 11.8 Å². The number of rotatable bonds is 7. The first-order valence-electron chi connectivity index (χ1n) is 9.83. The molecule has 1 aliphatic heterocycles. The topological polar surface area (TPSA) is 92.1 Å². The summed E-state index contributed by atoms with van der Waals surface area (Å²) in [5.41, 5.74) is 1.88. The van der Waals surface area contributed by atoms with Gasteiger partial charge in [-0.05, 0) is 55.3 Å². The highest BCUT2D eigenvalue weighted by Crippen LogP contribution is 2.23. The van der Waals surface area contributed by atoms with Gasteiger partial charge < -0.3 is 15.4 Å². The lowest BCUT2D eigenvalue weighted by molar-refractivity contribution is -0.123. The molecule has 1 fully saturated rings. The highest BCUT2D eigenvalue weighted by atomic mass is 32.2. The number of anilines is 1. The van der Waals surface area contributed by atoms with E-state index in [0.29, 0.717) is 23.6 Å². The number of hydrogen-bond donors (Lipinski definition) is 2. The quantitative estimate of drug-likeness (QED) is 0.502. The third kappa shape index (κ3) is 6.65. The molecule has 0 spiro atoms. The summed E-state index contributed by atoms with van der Waals surface area (Å²) in [5, 5.41) is 13.2. The number of thioether (sulfide) groups is 1. The van der Waals surface area contributed by atoms with Crippen molar-refractivity contribution in [2.24, 2.45) is 10.2 Å². The molecule has 1 saturated heterocycles. The van der Waals surface area contributed by atoms with Crippen molar-refractivity contribution in [2.45, 2.75) is 31.9 Å². The van der Waals surface area contributed by atoms with E-state index in [1.54, 1.807) is 43.3 Å². The second kappa shape index (κ2) is 10.7. The Bertz CT molecular complexity index is 991. The SMILES string of the molecule is CCCOc1ccc(NC(=O)[C@@H]2CC(=O)N/C(=N\N=C(/C)c3ccc(F)cc3)S2)cc1. The van der Waals surface area contributed by atoms with Crippen LogP contribution in [-0.2, 0) is 9.59 Å². The summed E-state index contributed by atoms with van der Waals surface area (Å²) in [7, 11) is 0. The average Bonchev–Trinajstić information content (AvgIpc) is 2.77. The van der Waals surface area contributed by atoms with E-state index < -0.39 is 5.25 Å². The molecule has 3 rings (SSSR count). The van der Waals surface area contributed by atoms with E-state index in [1.807, 2.05) is 6.92 Å². The zero-order chi connectivity index (χ0) is 22.2. The smallest absolute Gasteiger partial charge is 0.238 e. The molecule has 1 atom stereocenters. The maximum absolute atomic E-state index is 13.1. The molecule has 1 heterocycles. The number of ether oxygens (including phenoxy) is 1. The van der Waals surface area contributed by atoms with Gasteiger partial charge in [0.25, 0.3) is 0 Å². The standard InChI is InChI=1S/C22H23FN4O3S/c1-3-12-30-18-10-8-17(9-11-18)24-21(29)19-13-20(28)25-22(31-19)27-26-14(2)15-4-6-16(23)7-5-15/h4-11,19H,3,12-13H2,1-2H3,(H,24,29)(H,25,27,28)/b26-14+/t19-/m0/s1. The summed E-state index contributed by atoms with van der Waals surface area (Å²) in [6.07, 6.45) is 0.949. The lowest BCUT2D eigenvalue weighted by Gasteiger charge is -2.21. The highest BCUT2D eigenvalue weighted by Gasteiger charge is 2.30. The predicted octanol–water partition coefficient (Wildman–Crippen LogP) is 3.95. The van der Waals surface area contributed by atoms with Crippen molar-refractivity contribution in [1.82, 2.24) is 5.32 Å². The molecule has 31 heavy (non-hydrogen) atoms. The van der Waals surface area contributed by atoms with E-state index in [-0.39, 0.29) is 29.2 Å². The van der Waals surface area contributed by atoms with E-state index >= 15 is 0 Å². The van der Waals surface area contributed by atoms with Crippen LogP contribution in [0.5, 0.6) is 5.75 Å². The predicted molar refractivity (Wildman–Crippen MR) is 121 cm³/mol. The molecule has 1 aliphatic rings. The number of amidine groups is 1. The molecule has 2 N–H and O–H groups in total. The molecule has 0 aromatic heterocycles. The van der Waals surface area contributed by atoms with Gasteiger partial charge in [-0.1, -0.05) is 30.8 Å². The van der Waals surface area contributed by atoms with Crippen molar-refractivity contribution in [1.29, 1.82) is 0 Å². The van der Waals surface area contributed by atoms with Gasteiger partial charge in [-0.25, -0.2) is 4.39 Å². The summed E-state index contributed by atoms with van der Waals surface area (Å²) in [5.74, 6) is -0.213. The molecule has 0 bridgehead atoms. The summed E-state index contributed by atoms with van der Waals surface area (Å²) >= 11 is 1.13. The average molecular weight is 443 g/mol. The molecule has 0 unspecified atom stereocenters. The molecule has 2 aromatic carbocycles. The van der Waals surface area contributed by atoms with Crippen LogP contribution in [-0.4, -0.2) is 34.6 Å². The molecular formula is C22H23FN4O3S. The number of hydrogen-bond acceptors (Lipinski definition) is 6. The Hall–Kier alpha value is -3.20. The Morgan fingerprint density at radius 3 is 2.61 bits per heavy atom. The number of amides is 2. The summed E-state index contributed by atoms with van der Waals surface area (Å²) in [6, 6.07) is 12.9. The van der Waals surface area contributed by atoms with Gasteiger partial charge >= 0.3 is 0 Å². The van der Waals surface area contributed by atoms with Crippen LogP contribution in [0.4, 0.5) is 10.1 Å². The molecule has 7 nitrogen and oxygen atoms in total. The van der Waals surface area contributed by atoms with Crippen LogP contribution in [0.2, 0.25) is 0 Å². The molecule has 162 valence electrons. The van der Waals surface area contributed by atoms with Crippen LogP contribution in [0.25, 0.3) is 0 Å². The number of carbonyl (C=O) groups is 2. The number of benzene rings is 2. The Morgan fingerprint density at radius 2 is 1.94 bits per heavy atom. The third-order valence-corrected chi connectivity index (χ3v) is 5.38. The zero-order valence-corrected chi connectivity index (χ0v) is 18.0. The van der Waals surface area contributed by atoms with Crippen LogP contribution in [0, 0.1) is 5.82 Å². The fraction of sp³-hybridized carbons (Fsp3) is 0.273. The van der Waals surface area contributed by atoms with Crippen LogP contribution in [0.1, 0.15) is 32.3 Å². The van der Waals surface area contributed by atoms with Gasteiger partial charge in [0.2, 0.25) is 11.8 Å². The highest BCUT2D eigenvalue weighted by molar-refractivity contribution is 8.15. The molecule has 0 radical (unpaired) electrons. The minimum absolute atomic E-state index is 0.0356. The van der Waals surface area contributed by atoms with Crippen LogP contribution in [0.3, 0.4) is 0 Å². The van der Waals surface area contributed by atoms with Gasteiger partial charge in [0.1, 0.15) is 16.8 Å². The van der Waals surface area contributed by atoms with E-state index in [2.05, 4.69) is 20.8 Å². The number of carbonyl (C=O) groups excluding carboxylic acids is 2. The summed E-state index contributed by atoms with van der Waals surface area (Å²) < 4.78 is 18.6. The Balaban J connectivity index is 1.63. The minimum atomic E-state index is -0.634. The Morgan fingerprint density at radius 1 is 1.23 bits per heavy atom. The molecule has 2 aromatic rings. The van der Waals surface area contributed by atoms with Crippen LogP contribution < -0.4 is 15.4 Å². The van der Waals surface area contributed by atoms with E-state index in [0.717, 1.165) is 23.9 Å². The molecular weight excluding hydrogens is 419 g/mol. The second-order valence-electron chi connectivity index (χ2n) is 6.82. The number of nitrogens with one attached hydrogen (secondary N) is 2. The van der Waals surface area contributed by atoms with Gasteiger partial charge in [0.05, 0.1) is 12.3 Å². The van der Waals surface area contributed by atoms with Gasteiger partial charge in [0, 0.05) is 12.1 Å². The van der Waals surface area contributed by atoms with Crippen molar-refractivity contribution in [2.75, 3.05) is 11.9 Å². The largest absolute Gasteiger partial charge is 0.494 e. The number of halogens is 1. The Labute approximate surface area is 184 Å². The first kappa shape index (κ1) is 22.5. The van der Waals surface area contributed by atoms with Gasteiger partial charge in [-0.2, -0.15) is 5.10 Å². The maximum atomic E-state index is 13.1. The lowest BCUT2D eigenvalue weighted by atomic mass is 10.1. The van der Waals surface area contributed by atoms with Crippen molar-refractivity contribution in [3.05, 3.63) is 59.9 Å². The fourth-order valence-electron chi connectivity index (χ4n) is 2.69. The lowest BCUT2D eigenvalue weighted by Crippen LogP contribution is -2.41.